The van der Waals surface area contributed by atoms with Crippen molar-refractivity contribution in [2.45, 2.75) is 20.8 Å². The molecule has 0 atom stereocenters. The van der Waals surface area contributed by atoms with E-state index in [-0.39, 0.29) is 11.5 Å². The monoisotopic (exact) mass is 323 g/mol. The molecule has 0 saturated heterocycles. The van der Waals surface area contributed by atoms with Crippen LogP contribution >= 0.6 is 22.9 Å². The van der Waals surface area contributed by atoms with Gasteiger partial charge in [0.05, 0.1) is 5.56 Å². The van der Waals surface area contributed by atoms with Crippen molar-refractivity contribution >= 4 is 39.8 Å². The molecular weight excluding hydrogens is 310 g/mol. The van der Waals surface area contributed by atoms with E-state index in [0.29, 0.717) is 21.2 Å². The highest BCUT2D eigenvalue weighted by Crippen LogP contribution is 2.32. The Balaban J connectivity index is 2.33. The maximum atomic E-state index is 12.2. The van der Waals surface area contributed by atoms with Gasteiger partial charge in [0, 0.05) is 15.5 Å². The number of nitrogens with one attached hydrogen (secondary N) is 1. The number of carbonyl (C=O) groups excluding carboxylic acids is 1. The lowest BCUT2D eigenvalue weighted by atomic mass is 10.1. The molecule has 0 aliphatic carbocycles. The molecule has 1 heterocycles. The highest BCUT2D eigenvalue weighted by molar-refractivity contribution is 7.16. The van der Waals surface area contributed by atoms with Crippen LogP contribution in [0.2, 0.25) is 5.02 Å². The highest BCUT2D eigenvalue weighted by atomic mass is 35.5. The fourth-order valence-corrected chi connectivity index (χ4v) is 3.10. The minimum Gasteiger partial charge on any atom is -0.478 e. The third kappa shape index (κ3) is 3.09. The SMILES string of the molecule is Cc1cc(C(=O)Nc2sc(C)c(C)c2C(=O)O)ccc1Cl. The second-order valence-electron chi connectivity index (χ2n) is 4.71. The number of thiophene rings is 1. The van der Waals surface area contributed by atoms with Gasteiger partial charge in [0.2, 0.25) is 0 Å². The maximum absolute atomic E-state index is 12.2. The summed E-state index contributed by atoms with van der Waals surface area (Å²) in [5, 5.41) is 12.9. The normalized spacial score (nSPS) is 10.5. The Morgan fingerprint density at radius 1 is 1.24 bits per heavy atom. The lowest BCUT2D eigenvalue weighted by molar-refractivity contribution is 0.0697. The average molecular weight is 324 g/mol. The molecule has 0 bridgehead atoms. The number of benzene rings is 1. The lowest BCUT2D eigenvalue weighted by Crippen LogP contribution is -2.13. The summed E-state index contributed by atoms with van der Waals surface area (Å²) in [6, 6.07) is 4.93. The molecule has 0 fully saturated rings. The molecule has 110 valence electrons. The molecule has 0 saturated carbocycles. The molecule has 4 nitrogen and oxygen atoms in total. The molecule has 2 rings (SSSR count). The minimum atomic E-state index is -1.04. The third-order valence-corrected chi connectivity index (χ3v) is 4.79. The Kier molecular flexibility index (Phi) is 4.34. The van der Waals surface area contributed by atoms with Gasteiger partial charge in [-0.3, -0.25) is 4.79 Å². The van der Waals surface area contributed by atoms with Crippen LogP contribution in [0.5, 0.6) is 0 Å². The van der Waals surface area contributed by atoms with Crippen LogP contribution in [0.15, 0.2) is 18.2 Å². The van der Waals surface area contributed by atoms with Gasteiger partial charge >= 0.3 is 5.97 Å². The maximum Gasteiger partial charge on any atom is 0.338 e. The molecule has 0 unspecified atom stereocenters. The first kappa shape index (κ1) is 15.5. The smallest absolute Gasteiger partial charge is 0.338 e. The number of amides is 1. The summed E-state index contributed by atoms with van der Waals surface area (Å²) in [7, 11) is 0. The van der Waals surface area contributed by atoms with Gasteiger partial charge in [-0.05, 0) is 50.1 Å². The van der Waals surface area contributed by atoms with E-state index in [9.17, 15) is 14.7 Å². The van der Waals surface area contributed by atoms with Crippen molar-refractivity contribution in [1.82, 2.24) is 0 Å². The summed E-state index contributed by atoms with van der Waals surface area (Å²) in [5.41, 5.74) is 2.06. The number of aromatic carboxylic acids is 1. The first-order valence-corrected chi connectivity index (χ1v) is 7.41. The summed E-state index contributed by atoms with van der Waals surface area (Å²) in [5.74, 6) is -1.39. The van der Waals surface area contributed by atoms with Crippen molar-refractivity contribution in [3.8, 4) is 0 Å². The molecule has 21 heavy (non-hydrogen) atoms. The number of rotatable bonds is 3. The van der Waals surface area contributed by atoms with Crippen LogP contribution < -0.4 is 5.32 Å². The number of anilines is 1. The largest absolute Gasteiger partial charge is 0.478 e. The zero-order valence-electron chi connectivity index (χ0n) is 11.8. The Morgan fingerprint density at radius 2 is 1.90 bits per heavy atom. The fraction of sp³-hybridized carbons (Fsp3) is 0.200. The fourth-order valence-electron chi connectivity index (χ4n) is 1.93. The molecule has 0 radical (unpaired) electrons. The van der Waals surface area contributed by atoms with E-state index in [0.717, 1.165) is 10.4 Å². The Bertz CT molecular complexity index is 737. The summed E-state index contributed by atoms with van der Waals surface area (Å²) < 4.78 is 0. The molecule has 2 aromatic rings. The molecule has 2 N–H and O–H groups in total. The van der Waals surface area contributed by atoms with Crippen molar-refractivity contribution in [2.24, 2.45) is 0 Å². The standard InChI is InChI=1S/C15H14ClNO3S/c1-7-6-10(4-5-11(7)16)13(18)17-14-12(15(19)20)8(2)9(3)21-14/h4-6H,1-3H3,(H,17,18)(H,19,20). The zero-order valence-corrected chi connectivity index (χ0v) is 13.4. The van der Waals surface area contributed by atoms with Crippen LogP contribution in [-0.4, -0.2) is 17.0 Å². The summed E-state index contributed by atoms with van der Waals surface area (Å²) in [6.07, 6.45) is 0. The van der Waals surface area contributed by atoms with E-state index in [2.05, 4.69) is 5.32 Å². The molecule has 6 heteroatoms. The van der Waals surface area contributed by atoms with Gasteiger partial charge in [-0.1, -0.05) is 11.6 Å². The van der Waals surface area contributed by atoms with Crippen molar-refractivity contribution in [2.75, 3.05) is 5.32 Å². The lowest BCUT2D eigenvalue weighted by Gasteiger charge is -2.06. The van der Waals surface area contributed by atoms with Gasteiger partial charge in [0.25, 0.3) is 5.91 Å². The molecule has 0 aliphatic heterocycles. The number of halogens is 1. The Morgan fingerprint density at radius 3 is 2.48 bits per heavy atom. The van der Waals surface area contributed by atoms with E-state index in [1.54, 1.807) is 32.0 Å². The van der Waals surface area contributed by atoms with Crippen LogP contribution in [0.4, 0.5) is 5.00 Å². The number of carbonyl (C=O) groups is 2. The number of carboxylic acids is 1. The van der Waals surface area contributed by atoms with Crippen LogP contribution in [0.1, 0.15) is 36.7 Å². The van der Waals surface area contributed by atoms with Crippen LogP contribution in [0, 0.1) is 20.8 Å². The predicted octanol–water partition coefficient (Wildman–Crippen LogP) is 4.28. The Hall–Kier alpha value is -1.85. The number of hydrogen-bond acceptors (Lipinski definition) is 3. The van der Waals surface area contributed by atoms with Crippen LogP contribution in [0.25, 0.3) is 0 Å². The minimum absolute atomic E-state index is 0.150. The van der Waals surface area contributed by atoms with Gasteiger partial charge < -0.3 is 10.4 Å². The Labute approximate surface area is 131 Å². The number of carboxylic acid groups (broad SMARTS) is 1. The third-order valence-electron chi connectivity index (χ3n) is 3.25. The van der Waals surface area contributed by atoms with E-state index >= 15 is 0 Å². The first-order valence-electron chi connectivity index (χ1n) is 6.22. The van der Waals surface area contributed by atoms with E-state index < -0.39 is 5.97 Å². The zero-order chi connectivity index (χ0) is 15.7. The van der Waals surface area contributed by atoms with Gasteiger partial charge in [-0.15, -0.1) is 11.3 Å². The quantitative estimate of drug-likeness (QED) is 0.886. The molecule has 1 aromatic heterocycles. The number of aryl methyl sites for hydroxylation is 2. The summed E-state index contributed by atoms with van der Waals surface area (Å²) in [6.45, 7) is 5.37. The van der Waals surface area contributed by atoms with Gasteiger partial charge in [0.15, 0.2) is 0 Å². The van der Waals surface area contributed by atoms with E-state index in [4.69, 9.17) is 11.6 Å². The van der Waals surface area contributed by atoms with Gasteiger partial charge in [0.1, 0.15) is 5.00 Å². The highest BCUT2D eigenvalue weighted by Gasteiger charge is 2.20. The van der Waals surface area contributed by atoms with Crippen molar-refractivity contribution in [3.05, 3.63) is 50.4 Å². The van der Waals surface area contributed by atoms with Crippen molar-refractivity contribution in [1.29, 1.82) is 0 Å². The van der Waals surface area contributed by atoms with E-state index in [1.807, 2.05) is 6.92 Å². The van der Waals surface area contributed by atoms with Gasteiger partial charge in [-0.2, -0.15) is 0 Å². The topological polar surface area (TPSA) is 66.4 Å². The molecule has 1 aromatic carbocycles. The summed E-state index contributed by atoms with van der Waals surface area (Å²) in [4.78, 5) is 24.4. The molecular formula is C15H14ClNO3S. The molecule has 0 spiro atoms. The summed E-state index contributed by atoms with van der Waals surface area (Å²) >= 11 is 7.19. The second-order valence-corrected chi connectivity index (χ2v) is 6.34. The van der Waals surface area contributed by atoms with Gasteiger partial charge in [-0.25, -0.2) is 4.79 Å². The van der Waals surface area contributed by atoms with Crippen LogP contribution in [-0.2, 0) is 0 Å². The number of hydrogen-bond donors (Lipinski definition) is 2. The van der Waals surface area contributed by atoms with Crippen LogP contribution in [0.3, 0.4) is 0 Å². The predicted molar refractivity (Wildman–Crippen MR) is 84.9 cm³/mol. The first-order chi connectivity index (χ1) is 9.81. The van der Waals surface area contributed by atoms with E-state index in [1.165, 1.54) is 11.3 Å². The second kappa shape index (κ2) is 5.87. The average Bonchev–Trinajstić information content (AvgIpc) is 2.68. The van der Waals surface area contributed by atoms with Crippen molar-refractivity contribution < 1.29 is 14.7 Å². The van der Waals surface area contributed by atoms with Crippen molar-refractivity contribution in [3.63, 3.8) is 0 Å². The molecule has 0 aliphatic rings. The molecule has 1 amide bonds.